The smallest absolute Gasteiger partial charge is 0.240 e. The molecule has 2 amide bonds. The molecule has 2 N–H and O–H groups in total. The van der Waals surface area contributed by atoms with Crippen molar-refractivity contribution in [1.82, 2.24) is 5.43 Å². The summed E-state index contributed by atoms with van der Waals surface area (Å²) in [5, 5.41) is 7.33. The zero-order valence-corrected chi connectivity index (χ0v) is 19.4. The fourth-order valence-electron chi connectivity index (χ4n) is 3.00. The van der Waals surface area contributed by atoms with Crippen molar-refractivity contribution in [2.45, 2.75) is 32.8 Å². The zero-order chi connectivity index (χ0) is 24.3. The van der Waals surface area contributed by atoms with E-state index in [0.717, 1.165) is 16.7 Å². The molecule has 6 nitrogen and oxygen atoms in total. The van der Waals surface area contributed by atoms with Gasteiger partial charge in [-0.25, -0.2) is 9.82 Å². The van der Waals surface area contributed by atoms with E-state index in [1.165, 1.54) is 18.3 Å². The molecule has 3 aromatic rings. The molecule has 0 saturated heterocycles. The summed E-state index contributed by atoms with van der Waals surface area (Å²) in [6.07, 6.45) is 2.31. The van der Waals surface area contributed by atoms with Crippen molar-refractivity contribution in [3.63, 3.8) is 0 Å². The third-order valence-corrected chi connectivity index (χ3v) is 5.36. The molecule has 0 heterocycles. The van der Waals surface area contributed by atoms with Crippen molar-refractivity contribution in [2.24, 2.45) is 5.10 Å². The standard InChI is InChI=1S/C26H25ClFN3O3/c1-18-23(27)4-2-5-24(18)30-25(32)6-3-7-26(33)31-29-16-19-10-14-22(15-11-19)34-17-20-8-12-21(28)13-9-20/h2,4-5,8-16H,3,6-7,17H2,1H3,(H,30,32)(H,31,33)/b29-16-. The van der Waals surface area contributed by atoms with Crippen LogP contribution in [0.3, 0.4) is 0 Å². The van der Waals surface area contributed by atoms with Gasteiger partial charge < -0.3 is 10.1 Å². The number of hydrogen-bond acceptors (Lipinski definition) is 4. The van der Waals surface area contributed by atoms with Gasteiger partial charge in [-0.05, 0) is 78.6 Å². The van der Waals surface area contributed by atoms with E-state index in [1.807, 2.05) is 6.92 Å². The maximum absolute atomic E-state index is 12.9. The Morgan fingerprint density at radius 1 is 1.00 bits per heavy atom. The molecule has 0 radical (unpaired) electrons. The molecule has 0 fully saturated rings. The lowest BCUT2D eigenvalue weighted by molar-refractivity contribution is -0.121. The van der Waals surface area contributed by atoms with E-state index in [2.05, 4.69) is 15.8 Å². The minimum absolute atomic E-state index is 0.176. The lowest BCUT2D eigenvalue weighted by atomic mass is 10.2. The molecular formula is C26H25ClFN3O3. The Morgan fingerprint density at radius 2 is 1.71 bits per heavy atom. The molecule has 176 valence electrons. The van der Waals surface area contributed by atoms with Gasteiger partial charge in [0.25, 0.3) is 0 Å². The van der Waals surface area contributed by atoms with Crippen LogP contribution in [0.15, 0.2) is 71.8 Å². The highest BCUT2D eigenvalue weighted by atomic mass is 35.5. The van der Waals surface area contributed by atoms with Crippen LogP contribution in [0.4, 0.5) is 10.1 Å². The minimum Gasteiger partial charge on any atom is -0.489 e. The number of nitrogens with zero attached hydrogens (tertiary/aromatic N) is 1. The van der Waals surface area contributed by atoms with E-state index in [1.54, 1.807) is 54.6 Å². The van der Waals surface area contributed by atoms with Crippen molar-refractivity contribution in [3.05, 3.63) is 94.3 Å². The summed E-state index contributed by atoms with van der Waals surface area (Å²) in [5.41, 5.74) is 5.57. The van der Waals surface area contributed by atoms with Crippen molar-refractivity contribution in [3.8, 4) is 5.75 Å². The number of ether oxygens (including phenoxy) is 1. The number of carbonyl (C=O) groups excluding carboxylic acids is 2. The Labute approximate surface area is 202 Å². The molecule has 3 aromatic carbocycles. The number of carbonyl (C=O) groups is 2. The van der Waals surface area contributed by atoms with Gasteiger partial charge in [0.1, 0.15) is 18.2 Å². The van der Waals surface area contributed by atoms with Gasteiger partial charge in [-0.3, -0.25) is 9.59 Å². The molecule has 0 saturated carbocycles. The van der Waals surface area contributed by atoms with E-state index < -0.39 is 0 Å². The lowest BCUT2D eigenvalue weighted by Gasteiger charge is -2.09. The van der Waals surface area contributed by atoms with Crippen LogP contribution in [-0.2, 0) is 16.2 Å². The molecule has 0 aliphatic carbocycles. The van der Waals surface area contributed by atoms with Crippen LogP contribution in [-0.4, -0.2) is 18.0 Å². The quantitative estimate of drug-likeness (QED) is 0.291. The Bertz CT molecular complexity index is 1150. The molecular weight excluding hydrogens is 457 g/mol. The van der Waals surface area contributed by atoms with E-state index in [0.29, 0.717) is 29.5 Å². The maximum Gasteiger partial charge on any atom is 0.240 e. The van der Waals surface area contributed by atoms with Crippen LogP contribution in [0.2, 0.25) is 5.02 Å². The number of benzene rings is 3. The predicted molar refractivity (Wildman–Crippen MR) is 132 cm³/mol. The van der Waals surface area contributed by atoms with Gasteiger partial charge in [0, 0.05) is 23.6 Å². The van der Waals surface area contributed by atoms with Crippen molar-refractivity contribution >= 4 is 35.3 Å². The van der Waals surface area contributed by atoms with Crippen molar-refractivity contribution in [1.29, 1.82) is 0 Å². The summed E-state index contributed by atoms with van der Waals surface area (Å²) in [6, 6.07) is 18.6. The van der Waals surface area contributed by atoms with E-state index in [4.69, 9.17) is 16.3 Å². The summed E-state index contributed by atoms with van der Waals surface area (Å²) >= 11 is 6.05. The number of halogens is 2. The molecule has 0 spiro atoms. The van der Waals surface area contributed by atoms with Crippen molar-refractivity contribution < 1.29 is 18.7 Å². The largest absolute Gasteiger partial charge is 0.489 e. The fraction of sp³-hybridized carbons (Fsp3) is 0.192. The first kappa shape index (κ1) is 24.9. The van der Waals surface area contributed by atoms with Crippen LogP contribution in [0.5, 0.6) is 5.75 Å². The Morgan fingerprint density at radius 3 is 2.44 bits per heavy atom. The maximum atomic E-state index is 12.9. The number of nitrogens with one attached hydrogen (secondary N) is 2. The summed E-state index contributed by atoms with van der Waals surface area (Å²) in [6.45, 7) is 2.17. The summed E-state index contributed by atoms with van der Waals surface area (Å²) in [4.78, 5) is 24.0. The summed E-state index contributed by atoms with van der Waals surface area (Å²) < 4.78 is 18.6. The predicted octanol–water partition coefficient (Wildman–Crippen LogP) is 5.63. The van der Waals surface area contributed by atoms with Crippen LogP contribution in [0.1, 0.15) is 36.0 Å². The lowest BCUT2D eigenvalue weighted by Crippen LogP contribution is -2.18. The number of rotatable bonds is 10. The van der Waals surface area contributed by atoms with Gasteiger partial charge in [-0.15, -0.1) is 0 Å². The van der Waals surface area contributed by atoms with Gasteiger partial charge >= 0.3 is 0 Å². The molecule has 0 bridgehead atoms. The molecule has 3 rings (SSSR count). The number of amides is 2. The first-order valence-electron chi connectivity index (χ1n) is 10.7. The third-order valence-electron chi connectivity index (χ3n) is 4.95. The number of hydrazone groups is 1. The third kappa shape index (κ3) is 8.01. The Balaban J connectivity index is 1.35. The van der Waals surface area contributed by atoms with E-state index >= 15 is 0 Å². The highest BCUT2D eigenvalue weighted by molar-refractivity contribution is 6.31. The van der Waals surface area contributed by atoms with Crippen LogP contribution in [0, 0.1) is 12.7 Å². The Kier molecular flexibility index (Phi) is 9.17. The van der Waals surface area contributed by atoms with Crippen molar-refractivity contribution in [2.75, 3.05) is 5.32 Å². The average Bonchev–Trinajstić information content (AvgIpc) is 2.82. The second-order valence-electron chi connectivity index (χ2n) is 7.59. The number of anilines is 1. The molecule has 0 atom stereocenters. The minimum atomic E-state index is -0.283. The Hall–Kier alpha value is -3.71. The normalized spacial score (nSPS) is 10.8. The van der Waals surface area contributed by atoms with Gasteiger partial charge in [0.2, 0.25) is 11.8 Å². The summed E-state index contributed by atoms with van der Waals surface area (Å²) in [7, 11) is 0. The van der Waals surface area contributed by atoms with Gasteiger partial charge in [0.05, 0.1) is 6.21 Å². The average molecular weight is 482 g/mol. The van der Waals surface area contributed by atoms with E-state index in [-0.39, 0.29) is 30.5 Å². The first-order valence-corrected chi connectivity index (χ1v) is 11.1. The molecule has 8 heteroatoms. The summed E-state index contributed by atoms with van der Waals surface area (Å²) in [5.74, 6) is -0.0729. The SMILES string of the molecule is Cc1c(Cl)cccc1NC(=O)CCCC(=O)N/N=C\c1ccc(OCc2ccc(F)cc2)cc1. The molecule has 34 heavy (non-hydrogen) atoms. The second-order valence-corrected chi connectivity index (χ2v) is 8.00. The van der Waals surface area contributed by atoms with Gasteiger partial charge in [-0.1, -0.05) is 29.8 Å². The highest BCUT2D eigenvalue weighted by Gasteiger charge is 2.08. The highest BCUT2D eigenvalue weighted by Crippen LogP contribution is 2.23. The first-order chi connectivity index (χ1) is 16.4. The fourth-order valence-corrected chi connectivity index (χ4v) is 3.17. The molecule has 0 aliphatic rings. The number of hydrogen-bond donors (Lipinski definition) is 2. The molecule has 0 aromatic heterocycles. The molecule has 0 aliphatic heterocycles. The zero-order valence-electron chi connectivity index (χ0n) is 18.7. The monoisotopic (exact) mass is 481 g/mol. The van der Waals surface area contributed by atoms with Crippen LogP contribution >= 0.6 is 11.6 Å². The topological polar surface area (TPSA) is 79.8 Å². The van der Waals surface area contributed by atoms with Gasteiger partial charge in [-0.2, -0.15) is 5.10 Å². The second kappa shape index (κ2) is 12.5. The van der Waals surface area contributed by atoms with Gasteiger partial charge in [0.15, 0.2) is 0 Å². The van der Waals surface area contributed by atoms with Crippen LogP contribution in [0.25, 0.3) is 0 Å². The van der Waals surface area contributed by atoms with Crippen LogP contribution < -0.4 is 15.5 Å². The van der Waals surface area contributed by atoms with E-state index in [9.17, 15) is 14.0 Å². The molecule has 0 unspecified atom stereocenters.